The minimum absolute atomic E-state index is 0.245. The molecule has 0 radical (unpaired) electrons. The zero-order valence-electron chi connectivity index (χ0n) is 6.83. The summed E-state index contributed by atoms with van der Waals surface area (Å²) in [6.07, 6.45) is 18.9. The second-order valence-corrected chi connectivity index (χ2v) is 3.54. The molecule has 0 heterocycles. The first-order valence-corrected chi connectivity index (χ1v) is 4.37. The van der Waals surface area contributed by atoms with Crippen LogP contribution in [0.15, 0.2) is 59.8 Å². The maximum Gasteiger partial charge on any atom is 0.0419 e. The van der Waals surface area contributed by atoms with Crippen molar-refractivity contribution in [1.29, 1.82) is 0 Å². The van der Waals surface area contributed by atoms with Crippen molar-refractivity contribution < 1.29 is 0 Å². The molecule has 1 spiro atoms. The van der Waals surface area contributed by atoms with E-state index >= 15 is 0 Å². The minimum atomic E-state index is 0.245. The Balaban J connectivity index is 2.21. The van der Waals surface area contributed by atoms with Crippen molar-refractivity contribution >= 4 is 0 Å². The van der Waals surface area contributed by atoms with Crippen LogP contribution in [0.3, 0.4) is 0 Å². The van der Waals surface area contributed by atoms with Crippen LogP contribution >= 0.6 is 0 Å². The Morgan fingerprint density at radius 2 is 1.83 bits per heavy atom. The molecule has 0 fully saturated rings. The summed E-state index contributed by atoms with van der Waals surface area (Å²) in [6.45, 7) is 0. The van der Waals surface area contributed by atoms with Gasteiger partial charge in [0.15, 0.2) is 0 Å². The van der Waals surface area contributed by atoms with E-state index in [9.17, 15) is 0 Å². The van der Waals surface area contributed by atoms with Crippen LogP contribution in [0.25, 0.3) is 0 Å². The highest BCUT2D eigenvalue weighted by Gasteiger charge is 2.38. The molecule has 0 bridgehead atoms. The van der Waals surface area contributed by atoms with E-state index in [1.54, 1.807) is 0 Å². The molecule has 0 N–H and O–H groups in total. The molecule has 0 nitrogen and oxygen atoms in total. The molecule has 1 atom stereocenters. The Morgan fingerprint density at radius 3 is 2.75 bits per heavy atom. The molecule has 3 aliphatic carbocycles. The highest BCUT2D eigenvalue weighted by atomic mass is 14.4. The van der Waals surface area contributed by atoms with Gasteiger partial charge >= 0.3 is 0 Å². The molecule has 0 saturated carbocycles. The van der Waals surface area contributed by atoms with Crippen LogP contribution in [0.1, 0.15) is 6.42 Å². The Hall–Kier alpha value is -1.30. The van der Waals surface area contributed by atoms with Crippen molar-refractivity contribution in [1.82, 2.24) is 0 Å². The number of allylic oxidation sites excluding steroid dienone is 10. The number of rotatable bonds is 0. The van der Waals surface area contributed by atoms with Gasteiger partial charge in [0, 0.05) is 5.41 Å². The lowest BCUT2D eigenvalue weighted by atomic mass is 9.75. The molecule has 3 rings (SSSR count). The van der Waals surface area contributed by atoms with Crippen LogP contribution in [-0.2, 0) is 0 Å². The van der Waals surface area contributed by atoms with Crippen LogP contribution in [-0.4, -0.2) is 0 Å². The van der Waals surface area contributed by atoms with Gasteiger partial charge in [-0.1, -0.05) is 48.6 Å². The quantitative estimate of drug-likeness (QED) is 0.503. The molecule has 58 valence electrons. The fourth-order valence-electron chi connectivity index (χ4n) is 2.30. The summed E-state index contributed by atoms with van der Waals surface area (Å²) in [5, 5.41) is 0. The fraction of sp³-hybridized carbons (Fsp3) is 0.167. The summed E-state index contributed by atoms with van der Waals surface area (Å²) in [5.74, 6) is 0. The number of hydrogen-bond donors (Lipinski definition) is 0. The number of hydrogen-bond acceptors (Lipinski definition) is 0. The van der Waals surface area contributed by atoms with E-state index < -0.39 is 0 Å². The van der Waals surface area contributed by atoms with E-state index in [0.717, 1.165) is 6.42 Å². The summed E-state index contributed by atoms with van der Waals surface area (Å²) in [5.41, 5.74) is 3.15. The predicted molar refractivity (Wildman–Crippen MR) is 50.6 cm³/mol. The second-order valence-electron chi connectivity index (χ2n) is 3.54. The predicted octanol–water partition coefficient (Wildman–Crippen LogP) is 2.93. The van der Waals surface area contributed by atoms with Crippen molar-refractivity contribution in [3.05, 3.63) is 59.8 Å². The first kappa shape index (κ1) is 6.24. The van der Waals surface area contributed by atoms with E-state index in [0.29, 0.717) is 0 Å². The van der Waals surface area contributed by atoms with Crippen LogP contribution in [0.5, 0.6) is 0 Å². The molecule has 3 aliphatic rings. The average Bonchev–Trinajstić information content (AvgIpc) is 2.59. The standard InChI is InChI=1S/C12H10/c1-2-8-12-9-3-5-11(12)7-6-10(12)4-1/h1-8H,9H2. The van der Waals surface area contributed by atoms with Crippen molar-refractivity contribution in [3.63, 3.8) is 0 Å². The average molecular weight is 154 g/mol. The first-order valence-electron chi connectivity index (χ1n) is 4.37. The Bertz CT molecular complexity index is 375. The van der Waals surface area contributed by atoms with E-state index in [1.165, 1.54) is 11.1 Å². The highest BCUT2D eigenvalue weighted by molar-refractivity contribution is 5.59. The summed E-state index contributed by atoms with van der Waals surface area (Å²) in [7, 11) is 0. The summed E-state index contributed by atoms with van der Waals surface area (Å²) >= 11 is 0. The van der Waals surface area contributed by atoms with Gasteiger partial charge in [-0.25, -0.2) is 0 Å². The van der Waals surface area contributed by atoms with Crippen molar-refractivity contribution in [3.8, 4) is 0 Å². The summed E-state index contributed by atoms with van der Waals surface area (Å²) in [6, 6.07) is 0. The third-order valence-corrected chi connectivity index (χ3v) is 2.98. The lowest BCUT2D eigenvalue weighted by Gasteiger charge is -2.27. The molecule has 0 aromatic rings. The lowest BCUT2D eigenvalue weighted by molar-refractivity contribution is 0.614. The summed E-state index contributed by atoms with van der Waals surface area (Å²) in [4.78, 5) is 0. The van der Waals surface area contributed by atoms with Gasteiger partial charge in [0.25, 0.3) is 0 Å². The lowest BCUT2D eigenvalue weighted by Crippen LogP contribution is -2.16. The van der Waals surface area contributed by atoms with Crippen molar-refractivity contribution in [2.75, 3.05) is 0 Å². The van der Waals surface area contributed by atoms with E-state index in [-0.39, 0.29) is 5.41 Å². The van der Waals surface area contributed by atoms with Gasteiger partial charge < -0.3 is 0 Å². The minimum Gasteiger partial charge on any atom is -0.0827 e. The maximum atomic E-state index is 2.32. The van der Waals surface area contributed by atoms with Gasteiger partial charge in [-0.3, -0.25) is 0 Å². The molecule has 0 aromatic carbocycles. The Labute approximate surface area is 72.3 Å². The smallest absolute Gasteiger partial charge is 0.0419 e. The van der Waals surface area contributed by atoms with Gasteiger partial charge in [0.05, 0.1) is 0 Å². The normalized spacial score (nSPS) is 34.7. The summed E-state index contributed by atoms with van der Waals surface area (Å²) < 4.78 is 0. The second kappa shape index (κ2) is 1.89. The molecular formula is C12H10. The molecule has 12 heavy (non-hydrogen) atoms. The van der Waals surface area contributed by atoms with Gasteiger partial charge in [-0.15, -0.1) is 0 Å². The topological polar surface area (TPSA) is 0 Å². The van der Waals surface area contributed by atoms with Crippen molar-refractivity contribution in [2.45, 2.75) is 6.42 Å². The SMILES string of the molecule is C1=CC2=CC=C3C=CCC23C=C1. The Morgan fingerprint density at radius 1 is 1.00 bits per heavy atom. The fourth-order valence-corrected chi connectivity index (χ4v) is 2.30. The van der Waals surface area contributed by atoms with E-state index in [1.807, 2.05) is 0 Å². The van der Waals surface area contributed by atoms with Gasteiger partial charge in [-0.2, -0.15) is 0 Å². The molecule has 0 saturated heterocycles. The van der Waals surface area contributed by atoms with Crippen LogP contribution in [0.4, 0.5) is 0 Å². The van der Waals surface area contributed by atoms with Gasteiger partial charge in [-0.05, 0) is 17.6 Å². The van der Waals surface area contributed by atoms with Gasteiger partial charge in [0.2, 0.25) is 0 Å². The van der Waals surface area contributed by atoms with E-state index in [4.69, 9.17) is 0 Å². The zero-order chi connectivity index (χ0) is 8.02. The monoisotopic (exact) mass is 154 g/mol. The first-order chi connectivity index (χ1) is 5.92. The Kier molecular flexibility index (Phi) is 0.984. The molecular weight excluding hydrogens is 144 g/mol. The molecule has 0 amide bonds. The van der Waals surface area contributed by atoms with Gasteiger partial charge in [0.1, 0.15) is 0 Å². The molecule has 0 aromatic heterocycles. The largest absolute Gasteiger partial charge is 0.0827 e. The van der Waals surface area contributed by atoms with E-state index in [2.05, 4.69) is 48.6 Å². The highest BCUT2D eigenvalue weighted by Crippen LogP contribution is 2.50. The maximum absolute atomic E-state index is 2.32. The third kappa shape index (κ3) is 0.547. The molecule has 0 aliphatic heterocycles. The van der Waals surface area contributed by atoms with Crippen molar-refractivity contribution in [2.24, 2.45) is 5.41 Å². The zero-order valence-corrected chi connectivity index (χ0v) is 6.83. The third-order valence-electron chi connectivity index (χ3n) is 2.98. The van der Waals surface area contributed by atoms with Crippen LogP contribution in [0, 0.1) is 5.41 Å². The molecule has 1 unspecified atom stereocenters. The van der Waals surface area contributed by atoms with Crippen LogP contribution in [0.2, 0.25) is 0 Å². The molecule has 0 heteroatoms. The van der Waals surface area contributed by atoms with Crippen LogP contribution < -0.4 is 0 Å².